The molecule has 0 saturated carbocycles. The van der Waals surface area contributed by atoms with Gasteiger partial charge in [0.2, 0.25) is 5.43 Å². The Morgan fingerprint density at radius 1 is 1.58 bits per heavy atom. The van der Waals surface area contributed by atoms with E-state index in [0.29, 0.717) is 5.56 Å². The summed E-state index contributed by atoms with van der Waals surface area (Å²) in [6.45, 7) is 3.97. The number of aromatic amines is 1. The molecular weight excluding hydrogens is 154 g/mol. The van der Waals surface area contributed by atoms with Gasteiger partial charge in [0.05, 0.1) is 0 Å². The molecule has 0 aliphatic rings. The number of hydrogen-bond acceptors (Lipinski definition) is 2. The van der Waals surface area contributed by atoms with Crippen LogP contribution in [0.25, 0.3) is 0 Å². The van der Waals surface area contributed by atoms with Gasteiger partial charge < -0.3 is 10.1 Å². The number of rotatable bonds is 2. The van der Waals surface area contributed by atoms with E-state index in [1.54, 1.807) is 6.20 Å². The SMILES string of the molecule is CCC(C)c1c[nH]cc(O)c1=O. The van der Waals surface area contributed by atoms with Crippen molar-refractivity contribution in [1.29, 1.82) is 0 Å². The molecule has 0 fully saturated rings. The summed E-state index contributed by atoms with van der Waals surface area (Å²) in [6, 6.07) is 0. The lowest BCUT2D eigenvalue weighted by molar-refractivity contribution is 0.465. The number of aromatic hydroxyl groups is 1. The van der Waals surface area contributed by atoms with Gasteiger partial charge in [-0.2, -0.15) is 0 Å². The van der Waals surface area contributed by atoms with Crippen LogP contribution < -0.4 is 5.43 Å². The van der Waals surface area contributed by atoms with E-state index >= 15 is 0 Å². The van der Waals surface area contributed by atoms with Crippen molar-refractivity contribution in [2.24, 2.45) is 0 Å². The second-order valence-electron chi connectivity index (χ2n) is 2.93. The third kappa shape index (κ3) is 1.49. The smallest absolute Gasteiger partial charge is 0.226 e. The van der Waals surface area contributed by atoms with E-state index in [0.717, 1.165) is 6.42 Å². The number of H-pyrrole nitrogens is 1. The minimum absolute atomic E-state index is 0.195. The Bertz CT molecular complexity index is 317. The monoisotopic (exact) mass is 167 g/mol. The zero-order valence-corrected chi connectivity index (χ0v) is 7.29. The predicted octanol–water partition coefficient (Wildman–Crippen LogP) is 1.59. The molecule has 1 aromatic rings. The van der Waals surface area contributed by atoms with Crippen LogP contribution in [0.3, 0.4) is 0 Å². The van der Waals surface area contributed by atoms with Crippen molar-refractivity contribution in [3.63, 3.8) is 0 Å². The molecule has 0 bridgehead atoms. The minimum atomic E-state index is -0.261. The Labute approximate surface area is 71.1 Å². The van der Waals surface area contributed by atoms with E-state index in [2.05, 4.69) is 4.98 Å². The van der Waals surface area contributed by atoms with E-state index in [-0.39, 0.29) is 17.1 Å². The average Bonchev–Trinajstić information content (AvgIpc) is 2.08. The Morgan fingerprint density at radius 3 is 2.83 bits per heavy atom. The van der Waals surface area contributed by atoms with Crippen molar-refractivity contribution in [2.75, 3.05) is 0 Å². The predicted molar refractivity (Wildman–Crippen MR) is 47.4 cm³/mol. The molecule has 66 valence electrons. The van der Waals surface area contributed by atoms with Crippen LogP contribution in [-0.4, -0.2) is 10.1 Å². The molecule has 1 rings (SSSR count). The highest BCUT2D eigenvalue weighted by molar-refractivity contribution is 5.24. The Kier molecular flexibility index (Phi) is 2.53. The maximum Gasteiger partial charge on any atom is 0.226 e. The standard InChI is InChI=1S/C9H13NO2/c1-3-6(2)7-4-10-5-8(11)9(7)12/h4-6,11H,3H2,1-2H3,(H,10,12). The van der Waals surface area contributed by atoms with Gasteiger partial charge in [-0.05, 0) is 12.3 Å². The molecule has 0 spiro atoms. The lowest BCUT2D eigenvalue weighted by Gasteiger charge is -2.06. The van der Waals surface area contributed by atoms with Crippen LogP contribution >= 0.6 is 0 Å². The van der Waals surface area contributed by atoms with Gasteiger partial charge in [0.15, 0.2) is 5.75 Å². The third-order valence-electron chi connectivity index (χ3n) is 2.10. The Morgan fingerprint density at radius 2 is 2.25 bits per heavy atom. The first-order valence-corrected chi connectivity index (χ1v) is 4.06. The zero-order chi connectivity index (χ0) is 9.14. The van der Waals surface area contributed by atoms with Crippen LogP contribution in [0.5, 0.6) is 5.75 Å². The molecule has 0 aromatic carbocycles. The van der Waals surface area contributed by atoms with Gasteiger partial charge in [-0.3, -0.25) is 4.79 Å². The Balaban J connectivity index is 3.17. The second-order valence-corrected chi connectivity index (χ2v) is 2.93. The van der Waals surface area contributed by atoms with Gasteiger partial charge in [0.25, 0.3) is 0 Å². The van der Waals surface area contributed by atoms with E-state index in [1.165, 1.54) is 6.20 Å². The van der Waals surface area contributed by atoms with Gasteiger partial charge in [-0.15, -0.1) is 0 Å². The lowest BCUT2D eigenvalue weighted by Crippen LogP contribution is -2.11. The van der Waals surface area contributed by atoms with Crippen molar-refractivity contribution < 1.29 is 5.11 Å². The van der Waals surface area contributed by atoms with Crippen molar-refractivity contribution in [3.05, 3.63) is 28.2 Å². The summed E-state index contributed by atoms with van der Waals surface area (Å²) in [7, 11) is 0. The van der Waals surface area contributed by atoms with Gasteiger partial charge in [0, 0.05) is 18.0 Å². The molecule has 1 heterocycles. The number of hydrogen-bond donors (Lipinski definition) is 2. The minimum Gasteiger partial charge on any atom is -0.503 e. The van der Waals surface area contributed by atoms with Gasteiger partial charge >= 0.3 is 0 Å². The van der Waals surface area contributed by atoms with Crippen molar-refractivity contribution in [2.45, 2.75) is 26.2 Å². The molecule has 0 radical (unpaired) electrons. The maximum absolute atomic E-state index is 11.3. The normalized spacial score (nSPS) is 12.8. The van der Waals surface area contributed by atoms with Gasteiger partial charge in [-0.25, -0.2) is 0 Å². The Hall–Kier alpha value is -1.25. The summed E-state index contributed by atoms with van der Waals surface area (Å²) in [4.78, 5) is 14.0. The molecule has 3 heteroatoms. The molecule has 0 aliphatic carbocycles. The zero-order valence-electron chi connectivity index (χ0n) is 7.29. The summed E-state index contributed by atoms with van der Waals surface area (Å²) in [5, 5.41) is 9.10. The first-order chi connectivity index (χ1) is 5.66. The van der Waals surface area contributed by atoms with Crippen molar-refractivity contribution in [3.8, 4) is 5.75 Å². The van der Waals surface area contributed by atoms with E-state index < -0.39 is 0 Å². The highest BCUT2D eigenvalue weighted by Gasteiger charge is 2.09. The van der Waals surface area contributed by atoms with Crippen LogP contribution in [0, 0.1) is 0 Å². The van der Waals surface area contributed by atoms with Crippen LogP contribution in [0.1, 0.15) is 31.7 Å². The van der Waals surface area contributed by atoms with Gasteiger partial charge in [-0.1, -0.05) is 13.8 Å². The van der Waals surface area contributed by atoms with Crippen LogP contribution in [0.4, 0.5) is 0 Å². The fourth-order valence-electron chi connectivity index (χ4n) is 1.08. The van der Waals surface area contributed by atoms with E-state index in [4.69, 9.17) is 5.11 Å². The van der Waals surface area contributed by atoms with Crippen molar-refractivity contribution >= 4 is 0 Å². The molecule has 0 aliphatic heterocycles. The number of nitrogens with one attached hydrogen (secondary N) is 1. The molecule has 0 amide bonds. The fraction of sp³-hybridized carbons (Fsp3) is 0.444. The summed E-state index contributed by atoms with van der Waals surface area (Å²) in [6.07, 6.45) is 3.84. The average molecular weight is 167 g/mol. The molecule has 0 saturated heterocycles. The van der Waals surface area contributed by atoms with Gasteiger partial charge in [0.1, 0.15) is 0 Å². The number of pyridine rings is 1. The highest BCUT2D eigenvalue weighted by atomic mass is 16.3. The third-order valence-corrected chi connectivity index (χ3v) is 2.10. The lowest BCUT2D eigenvalue weighted by atomic mass is 10.0. The van der Waals surface area contributed by atoms with Crippen LogP contribution in [-0.2, 0) is 0 Å². The summed E-state index contributed by atoms with van der Waals surface area (Å²) >= 11 is 0. The molecule has 2 N–H and O–H groups in total. The molecular formula is C9H13NO2. The topological polar surface area (TPSA) is 53.1 Å². The van der Waals surface area contributed by atoms with Crippen LogP contribution in [0.15, 0.2) is 17.2 Å². The molecule has 1 aromatic heterocycles. The fourth-order valence-corrected chi connectivity index (χ4v) is 1.08. The first kappa shape index (κ1) is 8.84. The van der Waals surface area contributed by atoms with Crippen molar-refractivity contribution in [1.82, 2.24) is 4.98 Å². The largest absolute Gasteiger partial charge is 0.503 e. The van der Waals surface area contributed by atoms with E-state index in [9.17, 15) is 4.79 Å². The van der Waals surface area contributed by atoms with Crippen LogP contribution in [0.2, 0.25) is 0 Å². The quantitative estimate of drug-likeness (QED) is 0.702. The molecule has 1 unspecified atom stereocenters. The highest BCUT2D eigenvalue weighted by Crippen LogP contribution is 2.15. The maximum atomic E-state index is 11.3. The molecule has 12 heavy (non-hydrogen) atoms. The summed E-state index contributed by atoms with van der Waals surface area (Å²) in [5.74, 6) is -0.00588. The molecule has 3 nitrogen and oxygen atoms in total. The van der Waals surface area contributed by atoms with E-state index in [1.807, 2.05) is 13.8 Å². The first-order valence-electron chi connectivity index (χ1n) is 4.06. The number of aromatic nitrogens is 1. The summed E-state index contributed by atoms with van der Waals surface area (Å²) < 4.78 is 0. The summed E-state index contributed by atoms with van der Waals surface area (Å²) in [5.41, 5.74) is 0.389. The second kappa shape index (κ2) is 3.43. The molecule has 1 atom stereocenters.